The van der Waals surface area contributed by atoms with Crippen LogP contribution in [0.5, 0.6) is 5.75 Å². The van der Waals surface area contributed by atoms with Crippen LogP contribution in [-0.4, -0.2) is 63.0 Å². The lowest BCUT2D eigenvalue weighted by molar-refractivity contribution is -0.136. The van der Waals surface area contributed by atoms with Crippen molar-refractivity contribution in [2.75, 3.05) is 19.0 Å². The van der Waals surface area contributed by atoms with Gasteiger partial charge in [-0.3, -0.25) is 39.1 Å². The topological polar surface area (TPSA) is 136 Å². The Labute approximate surface area is 236 Å². The summed E-state index contributed by atoms with van der Waals surface area (Å²) < 4.78 is 7.66. The Hall–Kier alpha value is -4.54. The van der Waals surface area contributed by atoms with Gasteiger partial charge in [-0.1, -0.05) is 0 Å². The zero-order chi connectivity index (χ0) is 28.2. The van der Waals surface area contributed by atoms with Crippen molar-refractivity contribution < 1.29 is 23.9 Å². The van der Waals surface area contributed by atoms with Crippen molar-refractivity contribution in [1.29, 1.82) is 0 Å². The van der Waals surface area contributed by atoms with E-state index in [4.69, 9.17) is 9.84 Å². The van der Waals surface area contributed by atoms with Gasteiger partial charge < -0.3 is 10.1 Å². The van der Waals surface area contributed by atoms with Crippen LogP contribution in [0.3, 0.4) is 0 Å². The van der Waals surface area contributed by atoms with Gasteiger partial charge in [0.25, 0.3) is 11.8 Å². The summed E-state index contributed by atoms with van der Waals surface area (Å²) in [4.78, 5) is 55.4. The number of ether oxygens (including phenoxy) is 1. The average molecular weight is 555 g/mol. The van der Waals surface area contributed by atoms with Gasteiger partial charge in [0, 0.05) is 42.5 Å². The Morgan fingerprint density at radius 2 is 1.83 bits per heavy atom. The number of pyridine rings is 1. The number of aromatic nitrogens is 3. The van der Waals surface area contributed by atoms with Crippen LogP contribution < -0.4 is 15.4 Å². The van der Waals surface area contributed by atoms with E-state index < -0.39 is 29.7 Å². The van der Waals surface area contributed by atoms with Crippen LogP contribution in [0.2, 0.25) is 0 Å². The largest absolute Gasteiger partial charge is 0.494 e. The monoisotopic (exact) mass is 554 g/mol. The molecule has 210 valence electrons. The summed E-state index contributed by atoms with van der Waals surface area (Å²) >= 11 is 0. The number of anilines is 1. The average Bonchev–Trinajstić information content (AvgIpc) is 3.66. The van der Waals surface area contributed by atoms with Crippen LogP contribution in [0.25, 0.3) is 11.3 Å². The van der Waals surface area contributed by atoms with Crippen LogP contribution in [0.15, 0.2) is 42.7 Å². The third kappa shape index (κ3) is 4.45. The van der Waals surface area contributed by atoms with Gasteiger partial charge in [-0.2, -0.15) is 5.10 Å². The highest BCUT2D eigenvalue weighted by atomic mass is 16.5. The Morgan fingerprint density at radius 1 is 1.02 bits per heavy atom. The SMILES string of the molecule is COc1cccnc1-c1cn([C@H]2C[C@H](CNc3ccc4c(c3)C(=O)N(C3CCC(=O)NC3=O)C4=O)C2)nc1C1CC1. The molecule has 41 heavy (non-hydrogen) atoms. The second-order valence-corrected chi connectivity index (χ2v) is 11.3. The molecular weight excluding hydrogens is 524 g/mol. The zero-order valence-corrected chi connectivity index (χ0v) is 22.6. The van der Waals surface area contributed by atoms with E-state index in [-0.39, 0.29) is 24.0 Å². The Morgan fingerprint density at radius 3 is 2.59 bits per heavy atom. The number of hydrogen-bond acceptors (Lipinski definition) is 8. The van der Waals surface area contributed by atoms with Crippen LogP contribution in [0, 0.1) is 5.92 Å². The predicted molar refractivity (Wildman–Crippen MR) is 147 cm³/mol. The highest BCUT2D eigenvalue weighted by molar-refractivity contribution is 6.23. The molecule has 1 unspecified atom stereocenters. The first-order valence-corrected chi connectivity index (χ1v) is 14.1. The molecule has 4 aliphatic rings. The van der Waals surface area contributed by atoms with E-state index in [0.29, 0.717) is 17.9 Å². The smallest absolute Gasteiger partial charge is 0.262 e. The summed E-state index contributed by atoms with van der Waals surface area (Å²) in [5.74, 6) is -0.335. The number of fused-ring (bicyclic) bond motifs is 1. The van der Waals surface area contributed by atoms with E-state index in [2.05, 4.69) is 26.5 Å². The zero-order valence-electron chi connectivity index (χ0n) is 22.6. The molecule has 1 aromatic carbocycles. The summed E-state index contributed by atoms with van der Waals surface area (Å²) in [6, 6.07) is 8.24. The number of rotatable bonds is 8. The molecule has 3 fully saturated rings. The van der Waals surface area contributed by atoms with Gasteiger partial charge in [0.2, 0.25) is 11.8 Å². The summed E-state index contributed by atoms with van der Waals surface area (Å²) in [6.07, 6.45) is 8.38. The lowest BCUT2D eigenvalue weighted by atomic mass is 9.80. The Bertz CT molecular complexity index is 1590. The van der Waals surface area contributed by atoms with Gasteiger partial charge >= 0.3 is 0 Å². The van der Waals surface area contributed by atoms with Gasteiger partial charge in [-0.15, -0.1) is 0 Å². The molecule has 2 aliphatic heterocycles. The van der Waals surface area contributed by atoms with Crippen LogP contribution in [0.1, 0.15) is 76.9 Å². The molecule has 2 saturated carbocycles. The van der Waals surface area contributed by atoms with E-state index in [1.807, 2.05) is 12.1 Å². The highest BCUT2D eigenvalue weighted by Gasteiger charge is 2.44. The van der Waals surface area contributed by atoms with Crippen LogP contribution >= 0.6 is 0 Å². The fourth-order valence-corrected chi connectivity index (χ4v) is 6.12. The summed E-state index contributed by atoms with van der Waals surface area (Å²) in [5.41, 5.74) is 4.29. The Kier molecular flexibility index (Phi) is 6.09. The maximum atomic E-state index is 13.1. The molecule has 1 atom stereocenters. The first kappa shape index (κ1) is 25.4. The third-order valence-electron chi connectivity index (χ3n) is 8.59. The molecular formula is C30H30N6O5. The number of amides is 4. The number of nitrogens with zero attached hydrogens (tertiary/aromatic N) is 4. The second kappa shape index (κ2) is 9.83. The first-order chi connectivity index (χ1) is 19.9. The molecule has 2 N–H and O–H groups in total. The molecule has 7 rings (SSSR count). The standard InChI is InChI=1S/C30H30N6O5/c1-41-24-3-2-10-31-27(24)22-15-35(34-26(22)17-4-5-17)19-11-16(12-19)14-32-18-6-7-20-21(13-18)30(40)36(29(20)39)23-8-9-25(37)33-28(23)38/h2-3,6-7,10,13,15-17,19,23,32H,4-5,8-9,11-12,14H2,1H3,(H,33,37,38)/t16-,19-,23?. The minimum atomic E-state index is -0.967. The van der Waals surface area contributed by atoms with E-state index in [1.165, 1.54) is 0 Å². The molecule has 0 bridgehead atoms. The van der Waals surface area contributed by atoms with E-state index in [9.17, 15) is 19.2 Å². The molecule has 11 heteroatoms. The minimum Gasteiger partial charge on any atom is -0.494 e. The molecule has 1 saturated heterocycles. The van der Waals surface area contributed by atoms with Crippen molar-refractivity contribution in [1.82, 2.24) is 25.0 Å². The van der Waals surface area contributed by atoms with Crippen LogP contribution in [-0.2, 0) is 9.59 Å². The number of hydrogen-bond donors (Lipinski definition) is 2. The second-order valence-electron chi connectivity index (χ2n) is 11.3. The number of benzene rings is 1. The van der Waals surface area contributed by atoms with Gasteiger partial charge in [-0.05, 0) is 68.4 Å². The van der Waals surface area contributed by atoms with Crippen molar-refractivity contribution in [3.8, 4) is 17.0 Å². The lowest BCUT2D eigenvalue weighted by Gasteiger charge is -2.35. The van der Waals surface area contributed by atoms with Crippen molar-refractivity contribution in [2.24, 2.45) is 5.92 Å². The van der Waals surface area contributed by atoms with Crippen molar-refractivity contribution in [3.63, 3.8) is 0 Å². The molecule has 0 spiro atoms. The van der Waals surface area contributed by atoms with E-state index >= 15 is 0 Å². The maximum absolute atomic E-state index is 13.1. The van der Waals surface area contributed by atoms with Crippen LogP contribution in [0.4, 0.5) is 5.69 Å². The predicted octanol–water partition coefficient (Wildman–Crippen LogP) is 3.30. The molecule has 0 radical (unpaired) electrons. The lowest BCUT2D eigenvalue weighted by Crippen LogP contribution is -2.54. The third-order valence-corrected chi connectivity index (χ3v) is 8.59. The molecule has 2 aliphatic carbocycles. The first-order valence-electron chi connectivity index (χ1n) is 14.1. The Balaban J connectivity index is 0.995. The molecule has 4 amide bonds. The molecule has 2 aromatic heterocycles. The van der Waals surface area contributed by atoms with E-state index in [0.717, 1.165) is 65.5 Å². The number of piperidine rings is 1. The quantitative estimate of drug-likeness (QED) is 0.405. The summed E-state index contributed by atoms with van der Waals surface area (Å²) in [5, 5.41) is 10.6. The number of nitrogens with one attached hydrogen (secondary N) is 2. The fourth-order valence-electron chi connectivity index (χ4n) is 6.12. The van der Waals surface area contributed by atoms with Gasteiger partial charge in [0.1, 0.15) is 17.5 Å². The summed E-state index contributed by atoms with van der Waals surface area (Å²) in [7, 11) is 1.66. The minimum absolute atomic E-state index is 0.0953. The number of imide groups is 2. The van der Waals surface area contributed by atoms with Gasteiger partial charge in [-0.25, -0.2) is 0 Å². The van der Waals surface area contributed by atoms with Gasteiger partial charge in [0.05, 0.1) is 30.0 Å². The fraction of sp³-hybridized carbons (Fsp3) is 0.400. The maximum Gasteiger partial charge on any atom is 0.262 e. The van der Waals surface area contributed by atoms with Gasteiger partial charge in [0.15, 0.2) is 0 Å². The van der Waals surface area contributed by atoms with Crippen molar-refractivity contribution in [2.45, 2.75) is 56.5 Å². The summed E-state index contributed by atoms with van der Waals surface area (Å²) in [6.45, 7) is 0.728. The number of methoxy groups -OCH3 is 1. The number of carbonyl (C=O) groups is 4. The van der Waals surface area contributed by atoms with Crippen molar-refractivity contribution >= 4 is 29.3 Å². The number of carbonyl (C=O) groups excluding carboxylic acids is 4. The molecule has 3 aromatic rings. The molecule has 4 heterocycles. The van der Waals surface area contributed by atoms with Crippen molar-refractivity contribution in [3.05, 3.63) is 59.5 Å². The van der Waals surface area contributed by atoms with E-state index in [1.54, 1.807) is 31.5 Å². The normalized spacial score (nSPS) is 23.7. The highest BCUT2D eigenvalue weighted by Crippen LogP contribution is 2.46. The molecule has 11 nitrogen and oxygen atoms in total.